The van der Waals surface area contributed by atoms with E-state index < -0.39 is 10.0 Å². The lowest BCUT2D eigenvalue weighted by molar-refractivity contribution is 0.392. The van der Waals surface area contributed by atoms with E-state index in [4.69, 9.17) is 15.2 Å². The van der Waals surface area contributed by atoms with Gasteiger partial charge in [-0.15, -0.1) is 0 Å². The molecule has 0 heterocycles. The van der Waals surface area contributed by atoms with Gasteiger partial charge >= 0.3 is 0 Å². The molecule has 0 aliphatic rings. The summed E-state index contributed by atoms with van der Waals surface area (Å²) in [7, 11) is -0.692. The van der Waals surface area contributed by atoms with Gasteiger partial charge in [-0.1, -0.05) is 6.42 Å². The molecule has 0 amide bonds. The van der Waals surface area contributed by atoms with E-state index in [9.17, 15) is 8.42 Å². The van der Waals surface area contributed by atoms with Crippen LogP contribution in [-0.2, 0) is 10.0 Å². The zero-order chi connectivity index (χ0) is 15.0. The first-order chi connectivity index (χ1) is 9.55. The predicted molar refractivity (Wildman–Crippen MR) is 77.6 cm³/mol. The molecule has 0 unspecified atom stereocenters. The molecule has 0 saturated heterocycles. The minimum absolute atomic E-state index is 0.0816. The average molecular weight is 302 g/mol. The number of methoxy groups -OCH3 is 2. The van der Waals surface area contributed by atoms with E-state index in [1.54, 1.807) is 12.1 Å². The Hall–Kier alpha value is -1.31. The monoisotopic (exact) mass is 302 g/mol. The zero-order valence-corrected chi connectivity index (χ0v) is 12.7. The van der Waals surface area contributed by atoms with Crippen LogP contribution in [0.25, 0.3) is 0 Å². The fourth-order valence-electron chi connectivity index (χ4n) is 1.72. The summed E-state index contributed by atoms with van der Waals surface area (Å²) in [5, 5.41) is 0. The number of unbranched alkanes of at least 4 members (excludes halogenated alkanes) is 2. The van der Waals surface area contributed by atoms with Gasteiger partial charge in [0.2, 0.25) is 10.0 Å². The minimum atomic E-state index is -3.61. The third-order valence-corrected chi connectivity index (χ3v) is 4.32. The molecule has 1 rings (SSSR count). The van der Waals surface area contributed by atoms with Gasteiger partial charge in [0, 0.05) is 12.6 Å². The van der Waals surface area contributed by atoms with Crippen molar-refractivity contribution >= 4 is 10.0 Å². The molecule has 0 fully saturated rings. The molecule has 20 heavy (non-hydrogen) atoms. The van der Waals surface area contributed by atoms with E-state index in [0.717, 1.165) is 19.3 Å². The van der Waals surface area contributed by atoms with Crippen LogP contribution in [0.4, 0.5) is 0 Å². The Morgan fingerprint density at radius 2 is 1.90 bits per heavy atom. The number of hydrogen-bond acceptors (Lipinski definition) is 5. The highest BCUT2D eigenvalue weighted by atomic mass is 32.2. The van der Waals surface area contributed by atoms with Crippen LogP contribution < -0.4 is 19.9 Å². The summed E-state index contributed by atoms with van der Waals surface area (Å²) < 4.78 is 37.2. The molecule has 0 atom stereocenters. The molecule has 0 saturated carbocycles. The molecule has 3 N–H and O–H groups in total. The first-order valence-corrected chi connectivity index (χ1v) is 7.95. The number of nitrogens with two attached hydrogens (primary N) is 1. The molecule has 7 heteroatoms. The number of sulfonamides is 1. The van der Waals surface area contributed by atoms with Crippen molar-refractivity contribution in [1.82, 2.24) is 4.72 Å². The number of benzene rings is 1. The van der Waals surface area contributed by atoms with Gasteiger partial charge in [0.1, 0.15) is 16.4 Å². The SMILES string of the molecule is COc1ccc(OC)c(S(=O)(=O)NCCCCCN)c1. The van der Waals surface area contributed by atoms with Gasteiger partial charge in [-0.25, -0.2) is 13.1 Å². The van der Waals surface area contributed by atoms with Crippen LogP contribution in [0.5, 0.6) is 11.5 Å². The van der Waals surface area contributed by atoms with Gasteiger partial charge in [-0.2, -0.15) is 0 Å². The summed E-state index contributed by atoms with van der Waals surface area (Å²) in [6.07, 6.45) is 2.54. The van der Waals surface area contributed by atoms with Gasteiger partial charge in [0.15, 0.2) is 0 Å². The lowest BCUT2D eigenvalue weighted by atomic mass is 10.2. The molecule has 0 aromatic heterocycles. The molecule has 6 nitrogen and oxygen atoms in total. The average Bonchev–Trinajstić information content (AvgIpc) is 2.46. The summed E-state index contributed by atoms with van der Waals surface area (Å²) in [5.41, 5.74) is 5.39. The van der Waals surface area contributed by atoms with Crippen LogP contribution in [0.3, 0.4) is 0 Å². The molecule has 0 radical (unpaired) electrons. The van der Waals surface area contributed by atoms with Crippen molar-refractivity contribution < 1.29 is 17.9 Å². The van der Waals surface area contributed by atoms with Crippen LogP contribution in [-0.4, -0.2) is 35.7 Å². The third kappa shape index (κ3) is 4.66. The Morgan fingerprint density at radius 1 is 1.15 bits per heavy atom. The predicted octanol–water partition coefficient (Wildman–Crippen LogP) is 1.11. The van der Waals surface area contributed by atoms with Crippen LogP contribution in [0, 0.1) is 0 Å². The van der Waals surface area contributed by atoms with Crippen molar-refractivity contribution in [3.63, 3.8) is 0 Å². The van der Waals surface area contributed by atoms with Crippen LogP contribution in [0.1, 0.15) is 19.3 Å². The van der Waals surface area contributed by atoms with E-state index >= 15 is 0 Å². The molecule has 0 bridgehead atoms. The highest BCUT2D eigenvalue weighted by Gasteiger charge is 2.19. The first-order valence-electron chi connectivity index (χ1n) is 6.47. The van der Waals surface area contributed by atoms with E-state index in [1.807, 2.05) is 0 Å². The fourth-order valence-corrected chi connectivity index (χ4v) is 2.98. The summed E-state index contributed by atoms with van der Waals surface area (Å²) in [6, 6.07) is 4.67. The first kappa shape index (κ1) is 16.7. The molecular weight excluding hydrogens is 280 g/mol. The molecule has 0 aliphatic carbocycles. The summed E-state index contributed by atoms with van der Waals surface area (Å²) in [4.78, 5) is 0.0816. The van der Waals surface area contributed by atoms with Crippen molar-refractivity contribution in [3.8, 4) is 11.5 Å². The van der Waals surface area contributed by atoms with Gasteiger partial charge in [0.25, 0.3) is 0 Å². The molecule has 1 aromatic rings. The number of ether oxygens (including phenoxy) is 2. The third-order valence-electron chi connectivity index (χ3n) is 2.83. The van der Waals surface area contributed by atoms with Gasteiger partial charge in [-0.3, -0.25) is 0 Å². The van der Waals surface area contributed by atoms with Crippen molar-refractivity contribution in [2.75, 3.05) is 27.3 Å². The maximum absolute atomic E-state index is 12.2. The van der Waals surface area contributed by atoms with Crippen LogP contribution in [0.15, 0.2) is 23.1 Å². The molecule has 1 aromatic carbocycles. The number of rotatable bonds is 9. The molecule has 114 valence electrons. The largest absolute Gasteiger partial charge is 0.497 e. The van der Waals surface area contributed by atoms with Crippen molar-refractivity contribution in [2.45, 2.75) is 24.2 Å². The second kappa shape index (κ2) is 8.08. The van der Waals surface area contributed by atoms with Crippen LogP contribution >= 0.6 is 0 Å². The normalized spacial score (nSPS) is 11.3. The topological polar surface area (TPSA) is 90.6 Å². The van der Waals surface area contributed by atoms with Crippen molar-refractivity contribution in [2.24, 2.45) is 5.73 Å². The highest BCUT2D eigenvalue weighted by molar-refractivity contribution is 7.89. The van der Waals surface area contributed by atoms with Crippen molar-refractivity contribution in [1.29, 1.82) is 0 Å². The Kier molecular flexibility index (Phi) is 6.77. The Morgan fingerprint density at radius 3 is 2.50 bits per heavy atom. The summed E-state index contributed by atoms with van der Waals surface area (Å²) in [6.45, 7) is 0.999. The molecular formula is C13H22N2O4S. The fraction of sp³-hybridized carbons (Fsp3) is 0.538. The van der Waals surface area contributed by atoms with E-state index in [0.29, 0.717) is 24.6 Å². The van der Waals surface area contributed by atoms with E-state index in [1.165, 1.54) is 20.3 Å². The van der Waals surface area contributed by atoms with Gasteiger partial charge < -0.3 is 15.2 Å². The maximum Gasteiger partial charge on any atom is 0.244 e. The summed E-state index contributed by atoms with van der Waals surface area (Å²) >= 11 is 0. The smallest absolute Gasteiger partial charge is 0.244 e. The number of nitrogens with one attached hydrogen (secondary N) is 1. The van der Waals surface area contributed by atoms with E-state index in [-0.39, 0.29) is 4.90 Å². The Labute approximate surface area is 120 Å². The second-order valence-corrected chi connectivity index (χ2v) is 6.00. The lowest BCUT2D eigenvalue weighted by Gasteiger charge is -2.12. The molecule has 0 spiro atoms. The standard InChI is InChI=1S/C13H22N2O4S/c1-18-11-6-7-12(19-2)13(10-11)20(16,17)15-9-5-3-4-8-14/h6-7,10,15H,3-5,8-9,14H2,1-2H3. The maximum atomic E-state index is 12.2. The number of hydrogen-bond donors (Lipinski definition) is 2. The van der Waals surface area contributed by atoms with Gasteiger partial charge in [0.05, 0.1) is 14.2 Å². The van der Waals surface area contributed by atoms with Crippen molar-refractivity contribution in [3.05, 3.63) is 18.2 Å². The van der Waals surface area contributed by atoms with Crippen LogP contribution in [0.2, 0.25) is 0 Å². The highest BCUT2D eigenvalue weighted by Crippen LogP contribution is 2.27. The minimum Gasteiger partial charge on any atom is -0.497 e. The summed E-state index contributed by atoms with van der Waals surface area (Å²) in [5.74, 6) is 0.759. The lowest BCUT2D eigenvalue weighted by Crippen LogP contribution is -2.25. The second-order valence-electron chi connectivity index (χ2n) is 4.26. The van der Waals surface area contributed by atoms with E-state index in [2.05, 4.69) is 4.72 Å². The Balaban J connectivity index is 2.80. The quantitative estimate of drug-likeness (QED) is 0.667. The Bertz CT molecular complexity index is 517. The van der Waals surface area contributed by atoms with Gasteiger partial charge in [-0.05, 0) is 31.5 Å². The zero-order valence-electron chi connectivity index (χ0n) is 11.9. The molecule has 0 aliphatic heterocycles.